The number of ether oxygens (including phenoxy) is 2. The summed E-state index contributed by atoms with van der Waals surface area (Å²) in [6.07, 6.45) is 0. The van der Waals surface area contributed by atoms with Gasteiger partial charge in [-0.2, -0.15) is 0 Å². The summed E-state index contributed by atoms with van der Waals surface area (Å²) in [5.74, 6) is 1.37. The Morgan fingerprint density at radius 3 is 2.11 bits per heavy atom. The highest BCUT2D eigenvalue weighted by molar-refractivity contribution is 6.30. The van der Waals surface area contributed by atoms with Crippen molar-refractivity contribution in [2.75, 3.05) is 24.3 Å². The average molecular weight is 397 g/mol. The van der Waals surface area contributed by atoms with Gasteiger partial charge in [0.1, 0.15) is 18.1 Å². The number of hydrogen-bond donors (Lipinski definition) is 2. The molecule has 3 aromatic rings. The van der Waals surface area contributed by atoms with Crippen molar-refractivity contribution in [3.63, 3.8) is 0 Å². The first-order valence-corrected chi connectivity index (χ1v) is 9.15. The second-order valence-corrected chi connectivity index (χ2v) is 6.51. The van der Waals surface area contributed by atoms with Gasteiger partial charge in [0, 0.05) is 16.4 Å². The molecule has 3 rings (SSSR count). The number of benzene rings is 3. The minimum absolute atomic E-state index is 0.131. The van der Waals surface area contributed by atoms with Crippen molar-refractivity contribution in [1.82, 2.24) is 0 Å². The fourth-order valence-corrected chi connectivity index (χ4v) is 2.60. The number of amides is 1. The summed E-state index contributed by atoms with van der Waals surface area (Å²) in [6.45, 7) is 0.630. The van der Waals surface area contributed by atoms with Gasteiger partial charge in [-0.3, -0.25) is 4.79 Å². The molecule has 0 saturated heterocycles. The van der Waals surface area contributed by atoms with Gasteiger partial charge in [-0.25, -0.2) is 0 Å². The summed E-state index contributed by atoms with van der Waals surface area (Å²) in [6, 6.07) is 22.2. The van der Waals surface area contributed by atoms with E-state index < -0.39 is 0 Å². The summed E-state index contributed by atoms with van der Waals surface area (Å²) >= 11 is 5.87. The van der Waals surface area contributed by atoms with Crippen molar-refractivity contribution in [3.05, 3.63) is 83.4 Å². The van der Waals surface area contributed by atoms with Gasteiger partial charge >= 0.3 is 0 Å². The lowest BCUT2D eigenvalue weighted by Crippen LogP contribution is -2.21. The Balaban J connectivity index is 1.44. The van der Waals surface area contributed by atoms with Crippen molar-refractivity contribution in [3.8, 4) is 11.5 Å². The predicted octanol–water partition coefficient (Wildman–Crippen LogP) is 4.98. The van der Waals surface area contributed by atoms with E-state index in [1.165, 1.54) is 0 Å². The minimum Gasteiger partial charge on any atom is -0.497 e. The standard InChI is InChI=1S/C22H21ClN2O3/c1-27-20-10-8-19(9-11-20)25-22(26)14-24-18-6-12-21(13-7-18)28-15-16-2-4-17(23)5-3-16/h2-13,24H,14-15H2,1H3,(H,25,26). The van der Waals surface area contributed by atoms with Crippen LogP contribution in [0.2, 0.25) is 5.02 Å². The Labute approximate surface area is 169 Å². The molecule has 0 heterocycles. The van der Waals surface area contributed by atoms with Gasteiger partial charge in [0.15, 0.2) is 0 Å². The zero-order valence-electron chi connectivity index (χ0n) is 15.4. The number of nitrogens with one attached hydrogen (secondary N) is 2. The highest BCUT2D eigenvalue weighted by atomic mass is 35.5. The van der Waals surface area contributed by atoms with Crippen molar-refractivity contribution in [2.24, 2.45) is 0 Å². The maximum absolute atomic E-state index is 12.1. The SMILES string of the molecule is COc1ccc(NC(=O)CNc2ccc(OCc3ccc(Cl)cc3)cc2)cc1. The van der Waals surface area contributed by atoms with Crippen LogP contribution in [0.4, 0.5) is 11.4 Å². The molecule has 3 aromatic carbocycles. The molecule has 0 atom stereocenters. The van der Waals surface area contributed by atoms with E-state index in [0.29, 0.717) is 11.6 Å². The molecule has 0 bridgehead atoms. The predicted molar refractivity (Wildman–Crippen MR) is 112 cm³/mol. The van der Waals surface area contributed by atoms with Crippen LogP contribution >= 0.6 is 11.6 Å². The molecule has 0 saturated carbocycles. The third-order valence-electron chi connectivity index (χ3n) is 4.00. The number of methoxy groups -OCH3 is 1. The Morgan fingerprint density at radius 2 is 1.46 bits per heavy atom. The molecule has 1 amide bonds. The van der Waals surface area contributed by atoms with Gasteiger partial charge in [0.05, 0.1) is 13.7 Å². The molecule has 0 fully saturated rings. The number of carbonyl (C=O) groups excluding carboxylic acids is 1. The second kappa shape index (κ2) is 9.67. The molecule has 28 heavy (non-hydrogen) atoms. The van der Waals surface area contributed by atoms with Gasteiger partial charge in [-0.15, -0.1) is 0 Å². The summed E-state index contributed by atoms with van der Waals surface area (Å²) in [4.78, 5) is 12.1. The molecule has 0 radical (unpaired) electrons. The van der Waals surface area contributed by atoms with E-state index in [9.17, 15) is 4.79 Å². The van der Waals surface area contributed by atoms with E-state index in [1.807, 2.05) is 48.5 Å². The van der Waals surface area contributed by atoms with Crippen LogP contribution in [0.25, 0.3) is 0 Å². The molecular formula is C22H21ClN2O3. The van der Waals surface area contributed by atoms with Gasteiger partial charge < -0.3 is 20.1 Å². The van der Waals surface area contributed by atoms with Crippen LogP contribution in [0, 0.1) is 0 Å². The van der Waals surface area contributed by atoms with Gasteiger partial charge in [-0.1, -0.05) is 23.7 Å². The van der Waals surface area contributed by atoms with Crippen LogP contribution in [0.3, 0.4) is 0 Å². The fraction of sp³-hybridized carbons (Fsp3) is 0.136. The summed E-state index contributed by atoms with van der Waals surface area (Å²) in [5, 5.41) is 6.62. The van der Waals surface area contributed by atoms with E-state index in [2.05, 4.69) is 10.6 Å². The van der Waals surface area contributed by atoms with Gasteiger partial charge in [0.25, 0.3) is 0 Å². The van der Waals surface area contributed by atoms with E-state index in [0.717, 1.165) is 28.4 Å². The van der Waals surface area contributed by atoms with Gasteiger partial charge in [0.2, 0.25) is 5.91 Å². The molecule has 144 valence electrons. The highest BCUT2D eigenvalue weighted by Crippen LogP contribution is 2.18. The molecule has 0 aromatic heterocycles. The first kappa shape index (κ1) is 19.6. The molecule has 0 unspecified atom stereocenters. The fourth-order valence-electron chi connectivity index (χ4n) is 2.48. The third kappa shape index (κ3) is 5.93. The molecule has 6 heteroatoms. The number of rotatable bonds is 8. The molecular weight excluding hydrogens is 376 g/mol. The monoisotopic (exact) mass is 396 g/mol. The van der Waals surface area contributed by atoms with Crippen molar-refractivity contribution in [2.45, 2.75) is 6.61 Å². The number of halogens is 1. The zero-order chi connectivity index (χ0) is 19.8. The Bertz CT molecular complexity index is 895. The van der Waals surface area contributed by atoms with E-state index in [-0.39, 0.29) is 12.5 Å². The van der Waals surface area contributed by atoms with E-state index in [4.69, 9.17) is 21.1 Å². The van der Waals surface area contributed by atoms with Crippen LogP contribution in [-0.2, 0) is 11.4 Å². The third-order valence-corrected chi connectivity index (χ3v) is 4.25. The number of anilines is 2. The van der Waals surface area contributed by atoms with Crippen LogP contribution in [-0.4, -0.2) is 19.6 Å². The first-order valence-electron chi connectivity index (χ1n) is 8.77. The molecule has 2 N–H and O–H groups in total. The van der Waals surface area contributed by atoms with Gasteiger partial charge in [-0.05, 0) is 66.2 Å². The Kier molecular flexibility index (Phi) is 6.76. The lowest BCUT2D eigenvalue weighted by molar-refractivity contribution is -0.114. The van der Waals surface area contributed by atoms with Crippen molar-refractivity contribution in [1.29, 1.82) is 0 Å². The number of hydrogen-bond acceptors (Lipinski definition) is 4. The zero-order valence-corrected chi connectivity index (χ0v) is 16.2. The Hall–Kier alpha value is -3.18. The number of carbonyl (C=O) groups is 1. The van der Waals surface area contributed by atoms with Crippen molar-refractivity contribution < 1.29 is 14.3 Å². The Morgan fingerprint density at radius 1 is 0.857 bits per heavy atom. The lowest BCUT2D eigenvalue weighted by atomic mass is 10.2. The molecule has 0 aliphatic carbocycles. The molecule has 5 nitrogen and oxygen atoms in total. The van der Waals surface area contributed by atoms with E-state index >= 15 is 0 Å². The largest absolute Gasteiger partial charge is 0.497 e. The van der Waals surface area contributed by atoms with Crippen LogP contribution in [0.1, 0.15) is 5.56 Å². The van der Waals surface area contributed by atoms with Crippen LogP contribution in [0.5, 0.6) is 11.5 Å². The highest BCUT2D eigenvalue weighted by Gasteiger charge is 2.03. The maximum Gasteiger partial charge on any atom is 0.243 e. The average Bonchev–Trinajstić information content (AvgIpc) is 2.73. The lowest BCUT2D eigenvalue weighted by Gasteiger charge is -2.10. The second-order valence-electron chi connectivity index (χ2n) is 6.07. The van der Waals surface area contributed by atoms with E-state index in [1.54, 1.807) is 31.4 Å². The maximum atomic E-state index is 12.1. The minimum atomic E-state index is -0.131. The van der Waals surface area contributed by atoms with Crippen molar-refractivity contribution >= 4 is 28.9 Å². The first-order chi connectivity index (χ1) is 13.6. The van der Waals surface area contributed by atoms with Crippen LogP contribution < -0.4 is 20.1 Å². The topological polar surface area (TPSA) is 59.6 Å². The summed E-state index contributed by atoms with van der Waals surface area (Å²) in [7, 11) is 1.60. The molecule has 0 spiro atoms. The summed E-state index contributed by atoms with van der Waals surface area (Å²) < 4.78 is 10.8. The molecule has 0 aliphatic heterocycles. The normalized spacial score (nSPS) is 10.2. The quantitative estimate of drug-likeness (QED) is 0.563. The smallest absolute Gasteiger partial charge is 0.243 e. The van der Waals surface area contributed by atoms with Crippen LogP contribution in [0.15, 0.2) is 72.8 Å². The summed E-state index contributed by atoms with van der Waals surface area (Å²) in [5.41, 5.74) is 2.60. The molecule has 0 aliphatic rings.